The molecule has 0 spiro atoms. The number of halogens is 1. The van der Waals surface area contributed by atoms with Crippen LogP contribution in [0, 0.1) is 13.8 Å². The van der Waals surface area contributed by atoms with Crippen molar-refractivity contribution >= 4 is 50.7 Å². The molecule has 31 heavy (non-hydrogen) atoms. The zero-order valence-corrected chi connectivity index (χ0v) is 19.8. The largest absolute Gasteiger partial charge is 0.324 e. The van der Waals surface area contributed by atoms with Gasteiger partial charge < -0.3 is 5.32 Å². The molecule has 0 saturated carbocycles. The van der Waals surface area contributed by atoms with Gasteiger partial charge in [-0.1, -0.05) is 41.4 Å². The Morgan fingerprint density at radius 1 is 1.03 bits per heavy atom. The van der Waals surface area contributed by atoms with Crippen LogP contribution in [0.1, 0.15) is 11.1 Å². The Kier molecular flexibility index (Phi) is 7.30. The van der Waals surface area contributed by atoms with Crippen molar-refractivity contribution in [3.05, 3.63) is 82.9 Å². The summed E-state index contributed by atoms with van der Waals surface area (Å²) in [6, 6.07) is 18.9. The van der Waals surface area contributed by atoms with Gasteiger partial charge in [0.25, 0.3) is 10.0 Å². The van der Waals surface area contributed by atoms with Crippen LogP contribution < -0.4 is 9.62 Å². The Morgan fingerprint density at radius 3 is 2.39 bits per heavy atom. The highest BCUT2D eigenvalue weighted by Crippen LogP contribution is 2.31. The van der Waals surface area contributed by atoms with Gasteiger partial charge in [0, 0.05) is 15.6 Å². The lowest BCUT2D eigenvalue weighted by atomic mass is 10.2. The first-order valence-corrected chi connectivity index (χ1v) is 12.5. The van der Waals surface area contributed by atoms with Crippen LogP contribution in [0.5, 0.6) is 0 Å². The molecule has 162 valence electrons. The summed E-state index contributed by atoms with van der Waals surface area (Å²) in [5, 5.41) is 3.22. The predicted molar refractivity (Wildman–Crippen MR) is 129 cm³/mol. The molecule has 0 unspecified atom stereocenters. The molecule has 0 aromatic heterocycles. The molecule has 0 aliphatic heterocycles. The molecule has 0 fully saturated rings. The van der Waals surface area contributed by atoms with E-state index in [9.17, 15) is 13.2 Å². The second-order valence-electron chi connectivity index (χ2n) is 6.99. The highest BCUT2D eigenvalue weighted by atomic mass is 35.5. The van der Waals surface area contributed by atoms with E-state index in [-0.39, 0.29) is 11.4 Å². The normalized spacial score (nSPS) is 11.2. The Balaban J connectivity index is 1.98. The molecule has 3 rings (SSSR count). The minimum atomic E-state index is -4.00. The minimum Gasteiger partial charge on any atom is -0.324 e. The number of nitrogens with one attached hydrogen (secondary N) is 1. The molecule has 0 aliphatic rings. The first-order chi connectivity index (χ1) is 14.7. The maximum Gasteiger partial charge on any atom is 0.264 e. The second-order valence-corrected chi connectivity index (χ2v) is 10.1. The molecule has 0 radical (unpaired) electrons. The second kappa shape index (κ2) is 9.77. The number of carbonyl (C=O) groups excluding carboxylic acids is 1. The van der Waals surface area contributed by atoms with Crippen LogP contribution in [-0.4, -0.2) is 27.1 Å². The fourth-order valence-electron chi connectivity index (χ4n) is 3.04. The van der Waals surface area contributed by atoms with Crippen molar-refractivity contribution in [3.8, 4) is 0 Å². The van der Waals surface area contributed by atoms with E-state index in [0.29, 0.717) is 22.0 Å². The average molecular weight is 475 g/mol. The van der Waals surface area contributed by atoms with E-state index >= 15 is 0 Å². The van der Waals surface area contributed by atoms with Crippen molar-refractivity contribution in [2.24, 2.45) is 0 Å². The smallest absolute Gasteiger partial charge is 0.264 e. The lowest BCUT2D eigenvalue weighted by molar-refractivity contribution is -0.114. The Labute approximate surface area is 192 Å². The fourth-order valence-corrected chi connectivity index (χ4v) is 5.14. The maximum absolute atomic E-state index is 13.5. The molecule has 0 atom stereocenters. The van der Waals surface area contributed by atoms with Crippen molar-refractivity contribution in [3.63, 3.8) is 0 Å². The van der Waals surface area contributed by atoms with Gasteiger partial charge in [0.2, 0.25) is 5.91 Å². The lowest BCUT2D eigenvalue weighted by Crippen LogP contribution is -2.38. The number of aryl methyl sites for hydroxylation is 1. The number of hydrogen-bond acceptors (Lipinski definition) is 4. The van der Waals surface area contributed by atoms with Crippen molar-refractivity contribution in [1.82, 2.24) is 0 Å². The molecule has 3 aromatic rings. The number of amides is 1. The first-order valence-electron chi connectivity index (χ1n) is 9.51. The summed E-state index contributed by atoms with van der Waals surface area (Å²) in [5.41, 5.74) is 2.49. The molecular weight excluding hydrogens is 452 g/mol. The SMILES string of the molecule is CSc1cccc(NC(=O)CN(c2cccc(Cl)c2C)S(=O)(=O)c2ccc(C)cc2)c1. The number of anilines is 2. The minimum absolute atomic E-state index is 0.106. The van der Waals surface area contributed by atoms with E-state index in [1.807, 2.05) is 31.4 Å². The van der Waals surface area contributed by atoms with Gasteiger partial charge in [-0.3, -0.25) is 9.10 Å². The third-order valence-electron chi connectivity index (χ3n) is 4.76. The van der Waals surface area contributed by atoms with E-state index in [0.717, 1.165) is 14.8 Å². The van der Waals surface area contributed by atoms with Gasteiger partial charge in [-0.25, -0.2) is 8.42 Å². The van der Waals surface area contributed by atoms with E-state index in [4.69, 9.17) is 11.6 Å². The number of hydrogen-bond donors (Lipinski definition) is 1. The Morgan fingerprint density at radius 2 is 1.71 bits per heavy atom. The van der Waals surface area contributed by atoms with Crippen LogP contribution in [0.3, 0.4) is 0 Å². The van der Waals surface area contributed by atoms with Crippen LogP contribution in [-0.2, 0) is 14.8 Å². The Hall–Kier alpha value is -2.48. The molecule has 0 heterocycles. The van der Waals surface area contributed by atoms with Crippen LogP contribution in [0.15, 0.2) is 76.5 Å². The summed E-state index contributed by atoms with van der Waals surface area (Å²) in [7, 11) is -4.00. The van der Waals surface area contributed by atoms with E-state index < -0.39 is 15.9 Å². The highest BCUT2D eigenvalue weighted by molar-refractivity contribution is 7.98. The summed E-state index contributed by atoms with van der Waals surface area (Å²) in [5.74, 6) is -0.451. The summed E-state index contributed by atoms with van der Waals surface area (Å²) < 4.78 is 28.1. The van der Waals surface area contributed by atoms with Crippen LogP contribution in [0.4, 0.5) is 11.4 Å². The van der Waals surface area contributed by atoms with E-state index in [2.05, 4.69) is 5.32 Å². The fraction of sp³-hybridized carbons (Fsp3) is 0.174. The van der Waals surface area contributed by atoms with E-state index in [1.54, 1.807) is 55.1 Å². The summed E-state index contributed by atoms with van der Waals surface area (Å²) in [6.45, 7) is 3.22. The molecule has 5 nitrogen and oxygen atoms in total. The number of sulfonamides is 1. The van der Waals surface area contributed by atoms with Gasteiger partial charge in [-0.2, -0.15) is 0 Å². The third kappa shape index (κ3) is 5.42. The van der Waals surface area contributed by atoms with Crippen LogP contribution >= 0.6 is 23.4 Å². The molecule has 1 amide bonds. The summed E-state index contributed by atoms with van der Waals surface area (Å²) in [6.07, 6.45) is 1.94. The molecule has 1 N–H and O–H groups in total. The van der Waals surface area contributed by atoms with Crippen molar-refractivity contribution in [1.29, 1.82) is 0 Å². The number of thioether (sulfide) groups is 1. The highest BCUT2D eigenvalue weighted by Gasteiger charge is 2.28. The topological polar surface area (TPSA) is 66.5 Å². The third-order valence-corrected chi connectivity index (χ3v) is 7.67. The number of nitrogens with zero attached hydrogens (tertiary/aromatic N) is 1. The van der Waals surface area contributed by atoms with Gasteiger partial charge in [-0.05, 0) is 68.1 Å². The monoisotopic (exact) mass is 474 g/mol. The predicted octanol–water partition coefficient (Wildman–Crippen LogP) is 5.51. The van der Waals surface area contributed by atoms with Gasteiger partial charge in [0.15, 0.2) is 0 Å². The number of carbonyl (C=O) groups is 1. The van der Waals surface area contributed by atoms with Gasteiger partial charge >= 0.3 is 0 Å². The van der Waals surface area contributed by atoms with Gasteiger partial charge in [0.1, 0.15) is 6.54 Å². The summed E-state index contributed by atoms with van der Waals surface area (Å²) >= 11 is 7.80. The average Bonchev–Trinajstić information content (AvgIpc) is 2.74. The van der Waals surface area contributed by atoms with Crippen molar-refractivity contribution in [2.75, 3.05) is 22.4 Å². The molecule has 8 heteroatoms. The quantitative estimate of drug-likeness (QED) is 0.458. The number of rotatable bonds is 7. The van der Waals surface area contributed by atoms with Crippen LogP contribution in [0.2, 0.25) is 5.02 Å². The maximum atomic E-state index is 13.5. The van der Waals surface area contributed by atoms with Crippen LogP contribution in [0.25, 0.3) is 0 Å². The summed E-state index contributed by atoms with van der Waals surface area (Å²) in [4.78, 5) is 14.0. The Bertz CT molecular complexity index is 1200. The van der Waals surface area contributed by atoms with Crippen molar-refractivity contribution in [2.45, 2.75) is 23.6 Å². The zero-order valence-electron chi connectivity index (χ0n) is 17.4. The molecular formula is C23H23ClN2O3S2. The molecule has 0 aliphatic carbocycles. The molecule has 0 saturated heterocycles. The van der Waals surface area contributed by atoms with E-state index in [1.165, 1.54) is 12.1 Å². The molecule has 0 bridgehead atoms. The van der Waals surface area contributed by atoms with Gasteiger partial charge in [0.05, 0.1) is 10.6 Å². The first kappa shape index (κ1) is 23.2. The lowest BCUT2D eigenvalue weighted by Gasteiger charge is -2.26. The van der Waals surface area contributed by atoms with Crippen molar-refractivity contribution < 1.29 is 13.2 Å². The zero-order chi connectivity index (χ0) is 22.6. The standard InChI is InChI=1S/C23H23ClN2O3S2/c1-16-10-12-20(13-11-16)31(28,29)26(22-9-5-8-21(24)17(22)2)15-23(27)25-18-6-4-7-19(14-18)30-3/h4-14H,15H2,1-3H3,(H,25,27). The van der Waals surface area contributed by atoms with Gasteiger partial charge in [-0.15, -0.1) is 11.8 Å². The number of benzene rings is 3. The molecule has 3 aromatic carbocycles.